The van der Waals surface area contributed by atoms with Crippen LogP contribution in [0.5, 0.6) is 0 Å². The van der Waals surface area contributed by atoms with Gasteiger partial charge in [-0.25, -0.2) is 14.4 Å². The molecule has 1 unspecified atom stereocenters. The van der Waals surface area contributed by atoms with E-state index in [4.69, 9.17) is 4.74 Å². The third kappa shape index (κ3) is 7.61. The summed E-state index contributed by atoms with van der Waals surface area (Å²) >= 11 is 0. The summed E-state index contributed by atoms with van der Waals surface area (Å²) in [4.78, 5) is 9.10. The lowest BCUT2D eigenvalue weighted by atomic mass is 10.0. The number of aromatic nitrogens is 2. The first-order valence-corrected chi connectivity index (χ1v) is 12.1. The van der Waals surface area contributed by atoms with Gasteiger partial charge >= 0.3 is 0 Å². The monoisotopic (exact) mass is 446 g/mol. The molecule has 1 heterocycles. The molecule has 3 rings (SSSR count). The summed E-state index contributed by atoms with van der Waals surface area (Å²) in [7, 11) is 0. The molecule has 0 spiro atoms. The van der Waals surface area contributed by atoms with Crippen molar-refractivity contribution in [3.05, 3.63) is 78.5 Å². The number of benzene rings is 2. The van der Waals surface area contributed by atoms with Gasteiger partial charge in [-0.05, 0) is 74.4 Å². The van der Waals surface area contributed by atoms with Gasteiger partial charge in [0.1, 0.15) is 5.82 Å². The number of hydrogen-bond donors (Lipinski definition) is 0. The molecule has 1 aromatic heterocycles. The molecule has 3 aromatic rings. The van der Waals surface area contributed by atoms with Gasteiger partial charge in [-0.3, -0.25) is 0 Å². The smallest absolute Gasteiger partial charge is 0.152 e. The lowest BCUT2D eigenvalue weighted by molar-refractivity contribution is 0.0566. The van der Waals surface area contributed by atoms with Gasteiger partial charge in [0.15, 0.2) is 5.82 Å². The average Bonchev–Trinajstić information content (AvgIpc) is 2.81. The molecule has 0 aliphatic carbocycles. The number of fused-ring (bicyclic) bond motifs is 1. The molecule has 3 nitrogen and oxygen atoms in total. The minimum atomic E-state index is -0.227. The van der Waals surface area contributed by atoms with Crippen LogP contribution in [0, 0.1) is 5.82 Å². The maximum Gasteiger partial charge on any atom is 0.152 e. The summed E-state index contributed by atoms with van der Waals surface area (Å²) < 4.78 is 20.4. The van der Waals surface area contributed by atoms with Gasteiger partial charge in [0.05, 0.1) is 11.6 Å². The summed E-state index contributed by atoms with van der Waals surface area (Å²) in [6, 6.07) is 11.1. The second-order valence-corrected chi connectivity index (χ2v) is 8.53. The minimum absolute atomic E-state index is 0.227. The summed E-state index contributed by atoms with van der Waals surface area (Å²) in [5.74, 6) is 0.467. The Morgan fingerprint density at radius 2 is 2.00 bits per heavy atom. The summed E-state index contributed by atoms with van der Waals surface area (Å²) in [5.41, 5.74) is 3.17. The van der Waals surface area contributed by atoms with E-state index in [9.17, 15) is 4.39 Å². The average molecular weight is 447 g/mol. The topological polar surface area (TPSA) is 35.0 Å². The quantitative estimate of drug-likeness (QED) is 0.197. The molecule has 33 heavy (non-hydrogen) atoms. The summed E-state index contributed by atoms with van der Waals surface area (Å²) in [5, 5.41) is 0.897. The van der Waals surface area contributed by atoms with Crippen molar-refractivity contribution in [1.29, 1.82) is 0 Å². The molecule has 0 radical (unpaired) electrons. The third-order valence-corrected chi connectivity index (χ3v) is 5.72. The van der Waals surface area contributed by atoms with Crippen LogP contribution in [0.2, 0.25) is 0 Å². The maximum atomic E-state index is 14.6. The Balaban J connectivity index is 1.56. The van der Waals surface area contributed by atoms with Crippen molar-refractivity contribution in [1.82, 2.24) is 9.97 Å². The van der Waals surface area contributed by atoms with Crippen molar-refractivity contribution in [3.8, 4) is 11.1 Å². The molecule has 0 aliphatic rings. The second kappa shape index (κ2) is 13.0. The molecule has 0 fully saturated rings. The first-order valence-electron chi connectivity index (χ1n) is 12.1. The number of halogens is 1. The van der Waals surface area contributed by atoms with Crippen molar-refractivity contribution in [2.45, 2.75) is 64.9 Å². The molecule has 0 aliphatic heterocycles. The SMILES string of the molecule is C=CCc1ccc(-c2ccc3nc(C=CCCCC(C)OCCCCC)ncc3c2)c(F)c1. The zero-order valence-electron chi connectivity index (χ0n) is 19.9. The molecule has 0 amide bonds. The molecule has 0 saturated heterocycles. The van der Waals surface area contributed by atoms with Crippen LogP contribution in [0.4, 0.5) is 4.39 Å². The molecule has 1 atom stereocenters. The van der Waals surface area contributed by atoms with Crippen LogP contribution in [-0.4, -0.2) is 22.7 Å². The van der Waals surface area contributed by atoms with Crippen LogP contribution < -0.4 is 0 Å². The van der Waals surface area contributed by atoms with E-state index in [0.29, 0.717) is 23.9 Å². The highest BCUT2D eigenvalue weighted by molar-refractivity contribution is 5.84. The molecule has 0 N–H and O–H groups in total. The van der Waals surface area contributed by atoms with Crippen LogP contribution in [0.3, 0.4) is 0 Å². The highest BCUT2D eigenvalue weighted by atomic mass is 19.1. The molecule has 0 bridgehead atoms. The van der Waals surface area contributed by atoms with Gasteiger partial charge in [-0.1, -0.05) is 50.1 Å². The Bertz CT molecular complexity index is 1080. The van der Waals surface area contributed by atoms with Crippen molar-refractivity contribution in [3.63, 3.8) is 0 Å². The lowest BCUT2D eigenvalue weighted by Crippen LogP contribution is -2.08. The Morgan fingerprint density at radius 1 is 1.12 bits per heavy atom. The van der Waals surface area contributed by atoms with E-state index >= 15 is 0 Å². The van der Waals surface area contributed by atoms with Gasteiger partial charge in [0.25, 0.3) is 0 Å². The predicted molar refractivity (Wildman–Crippen MR) is 137 cm³/mol. The van der Waals surface area contributed by atoms with E-state index in [-0.39, 0.29) is 5.82 Å². The van der Waals surface area contributed by atoms with Crippen LogP contribution in [0.1, 0.15) is 63.8 Å². The highest BCUT2D eigenvalue weighted by Gasteiger charge is 2.08. The zero-order chi connectivity index (χ0) is 23.5. The number of rotatable bonds is 13. The van der Waals surface area contributed by atoms with Crippen molar-refractivity contribution in [2.75, 3.05) is 6.61 Å². The molecular formula is C29H35FN2O. The second-order valence-electron chi connectivity index (χ2n) is 8.53. The normalized spacial score (nSPS) is 12.5. The Kier molecular flexibility index (Phi) is 9.77. The van der Waals surface area contributed by atoms with E-state index < -0.39 is 0 Å². The first-order chi connectivity index (χ1) is 16.1. The van der Waals surface area contributed by atoms with Crippen LogP contribution in [0.25, 0.3) is 28.1 Å². The zero-order valence-corrected chi connectivity index (χ0v) is 19.9. The highest BCUT2D eigenvalue weighted by Crippen LogP contribution is 2.27. The van der Waals surface area contributed by atoms with Crippen molar-refractivity contribution in [2.24, 2.45) is 0 Å². The van der Waals surface area contributed by atoms with Gasteiger partial charge in [-0.2, -0.15) is 0 Å². The molecule has 0 saturated carbocycles. The summed E-state index contributed by atoms with van der Waals surface area (Å²) in [6.07, 6.45) is 15.4. The first kappa shape index (κ1) is 24.8. The number of unbranched alkanes of at least 4 members (excludes halogenated alkanes) is 3. The van der Waals surface area contributed by atoms with Crippen molar-refractivity contribution >= 4 is 17.0 Å². The number of nitrogens with zero attached hydrogens (tertiary/aromatic N) is 2. The molecule has 2 aromatic carbocycles. The molecular weight excluding hydrogens is 411 g/mol. The predicted octanol–water partition coefficient (Wildman–Crippen LogP) is 7.94. The Hall–Kier alpha value is -2.85. The Morgan fingerprint density at radius 3 is 2.79 bits per heavy atom. The standard InChI is InChI=1S/C29H35FN2O/c1-4-6-10-18-33-22(3)12-8-7-9-13-29-31-21-25-20-24(15-17-28(25)32-29)26-16-14-23(11-5-2)19-27(26)30/h5,9,13-17,19-22H,2,4,6-8,10-12,18H2,1,3H3. The van der Waals surface area contributed by atoms with Crippen molar-refractivity contribution < 1.29 is 9.13 Å². The van der Waals surface area contributed by atoms with Crippen LogP contribution in [0.15, 0.2) is 61.3 Å². The van der Waals surface area contributed by atoms with E-state index in [1.807, 2.05) is 42.6 Å². The minimum Gasteiger partial charge on any atom is -0.379 e. The van der Waals surface area contributed by atoms with Crippen LogP contribution in [-0.2, 0) is 11.2 Å². The van der Waals surface area contributed by atoms with E-state index in [1.54, 1.807) is 12.1 Å². The van der Waals surface area contributed by atoms with Gasteiger partial charge in [-0.15, -0.1) is 6.58 Å². The fourth-order valence-corrected chi connectivity index (χ4v) is 3.81. The lowest BCUT2D eigenvalue weighted by Gasteiger charge is -2.11. The van der Waals surface area contributed by atoms with E-state index in [2.05, 4.69) is 36.5 Å². The summed E-state index contributed by atoms with van der Waals surface area (Å²) in [6.45, 7) is 8.93. The Labute approximate surface area is 197 Å². The van der Waals surface area contributed by atoms with Gasteiger partial charge in [0.2, 0.25) is 0 Å². The number of allylic oxidation sites excluding steroid dienone is 2. The largest absolute Gasteiger partial charge is 0.379 e. The maximum absolute atomic E-state index is 14.6. The fourth-order valence-electron chi connectivity index (χ4n) is 3.81. The van der Waals surface area contributed by atoms with Crippen LogP contribution >= 0.6 is 0 Å². The molecule has 4 heteroatoms. The fraction of sp³-hybridized carbons (Fsp3) is 0.379. The van der Waals surface area contributed by atoms with E-state index in [1.165, 1.54) is 12.8 Å². The number of ether oxygens (including phenoxy) is 1. The van der Waals surface area contributed by atoms with Gasteiger partial charge < -0.3 is 4.74 Å². The van der Waals surface area contributed by atoms with Gasteiger partial charge in [0, 0.05) is 23.8 Å². The van der Waals surface area contributed by atoms with E-state index in [0.717, 1.165) is 54.3 Å². The molecule has 174 valence electrons. The number of hydrogen-bond acceptors (Lipinski definition) is 3. The third-order valence-electron chi connectivity index (χ3n) is 5.72.